The van der Waals surface area contributed by atoms with Crippen LogP contribution < -0.4 is 10.2 Å². The van der Waals surface area contributed by atoms with Gasteiger partial charge in [0.15, 0.2) is 6.29 Å². The van der Waals surface area contributed by atoms with Crippen molar-refractivity contribution >= 4 is 23.6 Å². The van der Waals surface area contributed by atoms with Crippen molar-refractivity contribution in [3.8, 4) is 0 Å². The lowest BCUT2D eigenvalue weighted by Crippen LogP contribution is -2.46. The van der Waals surface area contributed by atoms with E-state index in [-0.39, 0.29) is 37.8 Å². The molecule has 3 saturated heterocycles. The number of anilines is 1. The van der Waals surface area contributed by atoms with Crippen molar-refractivity contribution in [3.63, 3.8) is 0 Å². The smallest absolute Gasteiger partial charge is 0.408 e. The molecule has 2 bridgehead atoms. The van der Waals surface area contributed by atoms with E-state index in [4.69, 9.17) is 14.2 Å². The summed E-state index contributed by atoms with van der Waals surface area (Å²) in [5, 5.41) is 12.2. The molecule has 3 aromatic carbocycles. The van der Waals surface area contributed by atoms with E-state index in [0.717, 1.165) is 40.2 Å². The van der Waals surface area contributed by atoms with Crippen molar-refractivity contribution < 1.29 is 33.7 Å². The van der Waals surface area contributed by atoms with Gasteiger partial charge in [-0.1, -0.05) is 94.4 Å². The van der Waals surface area contributed by atoms with Crippen LogP contribution in [0.3, 0.4) is 0 Å². The zero-order valence-electron chi connectivity index (χ0n) is 29.9. The Bertz CT molecular complexity index is 1730. The average Bonchev–Trinajstić information content (AvgIpc) is 3.52. The Balaban J connectivity index is 1.06. The molecule has 3 amide bonds. The van der Waals surface area contributed by atoms with E-state index in [1.807, 2.05) is 66.7 Å². The lowest BCUT2D eigenvalue weighted by Gasteiger charge is -2.43. The molecule has 3 aliphatic heterocycles. The first kappa shape index (κ1) is 35.3. The third kappa shape index (κ3) is 7.60. The number of nitrogens with zero attached hydrogens (tertiary/aromatic N) is 2. The second-order valence-electron chi connectivity index (χ2n) is 16.1. The summed E-state index contributed by atoms with van der Waals surface area (Å²) in [6.07, 6.45) is 1.69. The first-order valence-electron chi connectivity index (χ1n) is 18.1. The summed E-state index contributed by atoms with van der Waals surface area (Å²) in [5.74, 6) is -0.854. The monoisotopic (exact) mass is 695 g/mol. The van der Waals surface area contributed by atoms with Crippen molar-refractivity contribution in [1.29, 1.82) is 0 Å². The highest BCUT2D eigenvalue weighted by Crippen LogP contribution is 2.53. The predicted octanol–water partition coefficient (Wildman–Crippen LogP) is 6.43. The average molecular weight is 696 g/mol. The topological polar surface area (TPSA) is 118 Å². The molecule has 2 N–H and O–H groups in total. The van der Waals surface area contributed by atoms with Gasteiger partial charge in [0.05, 0.1) is 30.9 Å². The Kier molecular flexibility index (Phi) is 9.80. The zero-order valence-corrected chi connectivity index (χ0v) is 29.9. The van der Waals surface area contributed by atoms with Crippen molar-refractivity contribution in [2.75, 3.05) is 18.0 Å². The molecule has 270 valence electrons. The largest absolute Gasteiger partial charge is 0.445 e. The second kappa shape index (κ2) is 14.1. The van der Waals surface area contributed by atoms with Gasteiger partial charge in [0.2, 0.25) is 5.91 Å². The van der Waals surface area contributed by atoms with Gasteiger partial charge in [0.1, 0.15) is 12.6 Å². The normalized spacial score (nSPS) is 30.4. The molecular formula is C41H49N3O7. The van der Waals surface area contributed by atoms with Crippen molar-refractivity contribution in [1.82, 2.24) is 10.2 Å². The number of alkyl carbamates (subject to hydrolysis) is 1. The number of ether oxygens (including phenoxy) is 3. The fourth-order valence-electron chi connectivity index (χ4n) is 9.05. The summed E-state index contributed by atoms with van der Waals surface area (Å²) in [7, 11) is 0. The summed E-state index contributed by atoms with van der Waals surface area (Å²) in [5.41, 5.74) is 4.49. The number of carbonyl (C=O) groups excluding carboxylic acids is 3. The number of benzene rings is 3. The molecule has 3 unspecified atom stereocenters. The summed E-state index contributed by atoms with van der Waals surface area (Å²) >= 11 is 0. The number of rotatable bonds is 9. The van der Waals surface area contributed by atoms with Gasteiger partial charge in [0, 0.05) is 30.6 Å². The van der Waals surface area contributed by atoms with E-state index in [9.17, 15) is 19.5 Å². The highest BCUT2D eigenvalue weighted by Gasteiger charge is 2.51. The summed E-state index contributed by atoms with van der Waals surface area (Å²) in [4.78, 5) is 42.5. The van der Waals surface area contributed by atoms with Crippen LogP contribution in [0.1, 0.15) is 88.0 Å². The van der Waals surface area contributed by atoms with Gasteiger partial charge in [-0.2, -0.15) is 0 Å². The van der Waals surface area contributed by atoms with Crippen LogP contribution in [0.15, 0.2) is 78.9 Å². The van der Waals surface area contributed by atoms with Gasteiger partial charge in [0.25, 0.3) is 5.91 Å². The summed E-state index contributed by atoms with van der Waals surface area (Å²) < 4.78 is 18.7. The molecule has 0 aromatic heterocycles. The molecule has 3 heterocycles. The van der Waals surface area contributed by atoms with Crippen LogP contribution in [0.2, 0.25) is 0 Å². The van der Waals surface area contributed by atoms with E-state index in [0.29, 0.717) is 22.6 Å². The number of nitrogens with one attached hydrogen (secondary N) is 1. The lowest BCUT2D eigenvalue weighted by molar-refractivity contribution is -0.276. The fraction of sp³-hybridized carbons (Fsp3) is 0.488. The maximum absolute atomic E-state index is 13.3. The van der Waals surface area contributed by atoms with Gasteiger partial charge in [-0.05, 0) is 58.9 Å². The minimum absolute atomic E-state index is 0.0231. The van der Waals surface area contributed by atoms with E-state index in [1.54, 1.807) is 12.1 Å². The number of aliphatic hydroxyl groups is 1. The number of fused-ring (bicyclic) bond motifs is 2. The standard InChI is InChI=1S/C41H49N3O7/c1-26-34(21-43-25-41(4)20-32(43)19-40(2,3)24-41)50-38(51-36(26)29-12-10-27(22-45)11-13-29)30-14-16-31(17-15-30)44-35(46)18-33(37(44)47)42-39(48)49-23-28-8-6-5-7-9-28/h5-17,26,32-34,36,38,45H,18-25H2,1-4H3,(H,42,48)/t26-,32?,33?,34+,36+,38+,41?/m0/s1. The first-order chi connectivity index (χ1) is 24.4. The Hall–Kier alpha value is -4.09. The SMILES string of the molecule is C[C@H]1[C@@H](CN2CC3(C)CC2CC(C)(C)C3)O[C@@H](c2ccc(N3C(=O)CC(NC(=O)OCc4ccccc4)C3=O)cc2)O[C@H]1c1ccc(CO)cc1. The highest BCUT2D eigenvalue weighted by molar-refractivity contribution is 6.22. The number of aliphatic hydroxyl groups excluding tert-OH is 1. The Morgan fingerprint density at radius 3 is 2.33 bits per heavy atom. The van der Waals surface area contributed by atoms with Gasteiger partial charge in [-0.3, -0.25) is 14.5 Å². The summed E-state index contributed by atoms with van der Waals surface area (Å²) in [6.45, 7) is 11.3. The van der Waals surface area contributed by atoms with Crippen LogP contribution in [0.25, 0.3) is 0 Å². The predicted molar refractivity (Wildman–Crippen MR) is 191 cm³/mol. The van der Waals surface area contributed by atoms with Crippen LogP contribution in [-0.2, 0) is 37.0 Å². The number of amides is 3. The highest BCUT2D eigenvalue weighted by atomic mass is 16.7. The second-order valence-corrected chi connectivity index (χ2v) is 16.1. The van der Waals surface area contributed by atoms with Crippen LogP contribution in [-0.4, -0.2) is 59.2 Å². The zero-order chi connectivity index (χ0) is 35.9. The van der Waals surface area contributed by atoms with Gasteiger partial charge >= 0.3 is 6.09 Å². The Labute approximate surface area is 300 Å². The molecule has 4 fully saturated rings. The third-order valence-corrected chi connectivity index (χ3v) is 11.1. The van der Waals surface area contributed by atoms with Crippen molar-refractivity contribution in [2.45, 2.75) is 97.2 Å². The van der Waals surface area contributed by atoms with Gasteiger partial charge in [-0.25, -0.2) is 9.69 Å². The molecule has 10 heteroatoms. The van der Waals surface area contributed by atoms with Crippen LogP contribution in [0.4, 0.5) is 10.5 Å². The maximum atomic E-state index is 13.3. The quantitative estimate of drug-likeness (QED) is 0.246. The third-order valence-electron chi connectivity index (χ3n) is 11.1. The molecule has 1 saturated carbocycles. The van der Waals surface area contributed by atoms with Crippen LogP contribution in [0.5, 0.6) is 0 Å². The number of hydrogen-bond donors (Lipinski definition) is 2. The molecule has 7 rings (SSSR count). The molecule has 10 nitrogen and oxygen atoms in total. The number of hydrogen-bond acceptors (Lipinski definition) is 8. The number of carbonyl (C=O) groups is 3. The number of likely N-dealkylation sites (tertiary alicyclic amines) is 1. The van der Waals surface area contributed by atoms with Crippen molar-refractivity contribution in [3.05, 3.63) is 101 Å². The van der Waals surface area contributed by atoms with Crippen molar-refractivity contribution in [2.24, 2.45) is 16.7 Å². The molecule has 3 aromatic rings. The van der Waals surface area contributed by atoms with Gasteiger partial charge in [-0.15, -0.1) is 0 Å². The minimum atomic E-state index is -1.01. The Morgan fingerprint density at radius 1 is 0.922 bits per heavy atom. The van der Waals surface area contributed by atoms with Gasteiger partial charge < -0.3 is 24.6 Å². The first-order valence-corrected chi connectivity index (χ1v) is 18.1. The maximum Gasteiger partial charge on any atom is 0.408 e. The van der Waals surface area contributed by atoms with E-state index in [1.165, 1.54) is 19.3 Å². The Morgan fingerprint density at radius 2 is 1.63 bits per heavy atom. The molecule has 7 atom stereocenters. The molecule has 0 spiro atoms. The molecule has 4 aliphatic rings. The van der Waals surface area contributed by atoms with E-state index in [2.05, 4.69) is 37.9 Å². The fourth-order valence-corrected chi connectivity index (χ4v) is 9.05. The lowest BCUT2D eigenvalue weighted by atomic mass is 9.65. The molecule has 0 radical (unpaired) electrons. The van der Waals surface area contributed by atoms with Crippen LogP contribution in [0, 0.1) is 16.7 Å². The van der Waals surface area contributed by atoms with E-state index >= 15 is 0 Å². The minimum Gasteiger partial charge on any atom is -0.445 e. The molecule has 1 aliphatic carbocycles. The molecular weight excluding hydrogens is 646 g/mol. The number of imide groups is 1. The summed E-state index contributed by atoms with van der Waals surface area (Å²) in [6, 6.07) is 23.8. The van der Waals surface area contributed by atoms with E-state index < -0.39 is 30.2 Å². The van der Waals surface area contributed by atoms with Crippen LogP contribution >= 0.6 is 0 Å². The molecule has 51 heavy (non-hydrogen) atoms.